The van der Waals surface area contributed by atoms with Crippen molar-refractivity contribution >= 4 is 23.0 Å². The number of halogens is 1. The monoisotopic (exact) mass is 245 g/mol. The summed E-state index contributed by atoms with van der Waals surface area (Å²) in [7, 11) is 0. The smallest absolute Gasteiger partial charge is 0.0455 e. The lowest BCUT2D eigenvalue weighted by Crippen LogP contribution is -1.97. The van der Waals surface area contributed by atoms with Crippen LogP contribution in [-0.4, -0.2) is 0 Å². The van der Waals surface area contributed by atoms with Gasteiger partial charge in [-0.05, 0) is 42.7 Å². The van der Waals surface area contributed by atoms with Crippen molar-refractivity contribution in [1.82, 2.24) is 0 Å². The lowest BCUT2D eigenvalue weighted by Gasteiger charge is -2.13. The first-order valence-electron chi connectivity index (χ1n) is 5.82. The highest BCUT2D eigenvalue weighted by Crippen LogP contribution is 2.27. The molecule has 0 aromatic heterocycles. The highest BCUT2D eigenvalue weighted by molar-refractivity contribution is 6.31. The van der Waals surface area contributed by atoms with E-state index < -0.39 is 0 Å². The molecule has 0 radical (unpaired) electrons. The Hall–Kier alpha value is -1.47. The number of aryl methyl sites for hydroxylation is 1. The van der Waals surface area contributed by atoms with E-state index in [1.54, 1.807) is 0 Å². The highest BCUT2D eigenvalue weighted by Gasteiger charge is 2.04. The van der Waals surface area contributed by atoms with E-state index in [9.17, 15) is 0 Å². The third kappa shape index (κ3) is 2.62. The normalized spacial score (nSPS) is 10.3. The van der Waals surface area contributed by atoms with E-state index in [1.807, 2.05) is 31.2 Å². The molecule has 0 unspecified atom stereocenters. The van der Waals surface area contributed by atoms with Crippen LogP contribution < -0.4 is 5.32 Å². The Morgan fingerprint density at radius 3 is 2.47 bits per heavy atom. The van der Waals surface area contributed by atoms with Gasteiger partial charge in [0.05, 0.1) is 0 Å². The van der Waals surface area contributed by atoms with Gasteiger partial charge in [0, 0.05) is 16.4 Å². The van der Waals surface area contributed by atoms with Gasteiger partial charge in [-0.3, -0.25) is 0 Å². The number of anilines is 2. The molecule has 0 heterocycles. The fourth-order valence-corrected chi connectivity index (χ4v) is 2.01. The van der Waals surface area contributed by atoms with Crippen molar-refractivity contribution in [2.24, 2.45) is 0 Å². The number of benzene rings is 2. The third-order valence-corrected chi connectivity index (χ3v) is 3.34. The molecule has 88 valence electrons. The Morgan fingerprint density at radius 2 is 1.71 bits per heavy atom. The summed E-state index contributed by atoms with van der Waals surface area (Å²) in [4.78, 5) is 0. The highest BCUT2D eigenvalue weighted by atomic mass is 35.5. The second-order valence-electron chi connectivity index (χ2n) is 4.05. The van der Waals surface area contributed by atoms with Crippen LogP contribution in [-0.2, 0) is 6.42 Å². The molecule has 0 aliphatic carbocycles. The van der Waals surface area contributed by atoms with E-state index in [0.717, 1.165) is 28.4 Å². The molecule has 0 fully saturated rings. The zero-order chi connectivity index (χ0) is 12.3. The fraction of sp³-hybridized carbons (Fsp3) is 0.200. The van der Waals surface area contributed by atoms with Gasteiger partial charge in [-0.15, -0.1) is 0 Å². The topological polar surface area (TPSA) is 12.0 Å². The van der Waals surface area contributed by atoms with Gasteiger partial charge in [0.25, 0.3) is 0 Å². The van der Waals surface area contributed by atoms with Crippen LogP contribution in [0, 0.1) is 6.92 Å². The predicted molar refractivity (Wildman–Crippen MR) is 75.3 cm³/mol. The summed E-state index contributed by atoms with van der Waals surface area (Å²) in [5, 5.41) is 4.24. The quantitative estimate of drug-likeness (QED) is 0.806. The molecule has 0 saturated heterocycles. The summed E-state index contributed by atoms with van der Waals surface area (Å²) in [6.07, 6.45) is 1.02. The van der Waals surface area contributed by atoms with Crippen LogP contribution in [0.25, 0.3) is 0 Å². The molecule has 17 heavy (non-hydrogen) atoms. The predicted octanol–water partition coefficient (Wildman–Crippen LogP) is 4.95. The minimum atomic E-state index is 0.795. The van der Waals surface area contributed by atoms with Crippen LogP contribution in [0.15, 0.2) is 42.5 Å². The molecule has 0 aliphatic heterocycles. The summed E-state index contributed by atoms with van der Waals surface area (Å²) < 4.78 is 0. The van der Waals surface area contributed by atoms with E-state index in [0.29, 0.717) is 0 Å². The van der Waals surface area contributed by atoms with E-state index in [4.69, 9.17) is 11.6 Å². The number of rotatable bonds is 3. The first-order chi connectivity index (χ1) is 8.22. The molecule has 2 heteroatoms. The van der Waals surface area contributed by atoms with Crippen molar-refractivity contribution in [2.75, 3.05) is 5.32 Å². The molecular formula is C15H16ClN. The standard InChI is InChI=1S/C15H16ClN/c1-3-12-7-4-5-9-15(12)17-14-10-6-8-13(16)11(14)2/h4-10,17H,3H2,1-2H3. The third-order valence-electron chi connectivity index (χ3n) is 2.94. The van der Waals surface area contributed by atoms with Crippen LogP contribution in [0.4, 0.5) is 11.4 Å². The molecule has 0 atom stereocenters. The molecule has 0 bridgehead atoms. The van der Waals surface area contributed by atoms with Gasteiger partial charge in [0.15, 0.2) is 0 Å². The van der Waals surface area contributed by atoms with Crippen molar-refractivity contribution in [3.05, 3.63) is 58.6 Å². The molecule has 0 aliphatic rings. The summed E-state index contributed by atoms with van der Waals surface area (Å²) in [6, 6.07) is 14.3. The first kappa shape index (κ1) is 12.0. The van der Waals surface area contributed by atoms with E-state index in [1.165, 1.54) is 5.56 Å². The number of hydrogen-bond donors (Lipinski definition) is 1. The molecule has 1 N–H and O–H groups in total. The van der Waals surface area contributed by atoms with Gasteiger partial charge < -0.3 is 5.32 Å². The Labute approximate surface area is 107 Å². The average molecular weight is 246 g/mol. The molecule has 0 amide bonds. The van der Waals surface area contributed by atoms with Gasteiger partial charge in [-0.2, -0.15) is 0 Å². The van der Waals surface area contributed by atoms with Crippen molar-refractivity contribution in [2.45, 2.75) is 20.3 Å². The summed E-state index contributed by atoms with van der Waals surface area (Å²) in [5.41, 5.74) is 4.62. The van der Waals surface area contributed by atoms with Crippen molar-refractivity contribution in [3.8, 4) is 0 Å². The van der Waals surface area contributed by atoms with Crippen LogP contribution in [0.2, 0.25) is 5.02 Å². The zero-order valence-corrected chi connectivity index (χ0v) is 10.9. The maximum atomic E-state index is 6.11. The lowest BCUT2D eigenvalue weighted by atomic mass is 10.1. The largest absolute Gasteiger partial charge is 0.355 e. The lowest BCUT2D eigenvalue weighted by molar-refractivity contribution is 1.14. The van der Waals surface area contributed by atoms with Gasteiger partial charge in [0.2, 0.25) is 0 Å². The van der Waals surface area contributed by atoms with Crippen LogP contribution in [0.3, 0.4) is 0 Å². The van der Waals surface area contributed by atoms with Gasteiger partial charge in [-0.1, -0.05) is 42.8 Å². The maximum absolute atomic E-state index is 6.11. The molecular weight excluding hydrogens is 230 g/mol. The summed E-state index contributed by atoms with van der Waals surface area (Å²) in [6.45, 7) is 4.19. The van der Waals surface area contributed by atoms with Gasteiger partial charge in [0.1, 0.15) is 0 Å². The van der Waals surface area contributed by atoms with Crippen molar-refractivity contribution in [3.63, 3.8) is 0 Å². The van der Waals surface area contributed by atoms with Crippen molar-refractivity contribution in [1.29, 1.82) is 0 Å². The number of para-hydroxylation sites is 1. The fourth-order valence-electron chi connectivity index (χ4n) is 1.84. The zero-order valence-electron chi connectivity index (χ0n) is 10.1. The van der Waals surface area contributed by atoms with E-state index >= 15 is 0 Å². The van der Waals surface area contributed by atoms with E-state index in [-0.39, 0.29) is 0 Å². The molecule has 2 rings (SSSR count). The van der Waals surface area contributed by atoms with E-state index in [2.05, 4.69) is 30.4 Å². The molecule has 0 spiro atoms. The SMILES string of the molecule is CCc1ccccc1Nc1cccc(Cl)c1C. The Bertz CT molecular complexity index is 520. The maximum Gasteiger partial charge on any atom is 0.0455 e. The number of hydrogen-bond acceptors (Lipinski definition) is 1. The van der Waals surface area contributed by atoms with Gasteiger partial charge in [-0.25, -0.2) is 0 Å². The van der Waals surface area contributed by atoms with Crippen LogP contribution in [0.1, 0.15) is 18.1 Å². The Balaban J connectivity index is 2.35. The van der Waals surface area contributed by atoms with Crippen molar-refractivity contribution < 1.29 is 0 Å². The molecule has 1 nitrogen and oxygen atoms in total. The van der Waals surface area contributed by atoms with Crippen LogP contribution >= 0.6 is 11.6 Å². The minimum absolute atomic E-state index is 0.795. The molecule has 2 aromatic rings. The summed E-state index contributed by atoms with van der Waals surface area (Å²) >= 11 is 6.11. The van der Waals surface area contributed by atoms with Gasteiger partial charge >= 0.3 is 0 Å². The molecule has 0 saturated carbocycles. The minimum Gasteiger partial charge on any atom is -0.355 e. The Kier molecular flexibility index (Phi) is 3.70. The second-order valence-corrected chi connectivity index (χ2v) is 4.46. The first-order valence-corrected chi connectivity index (χ1v) is 6.20. The Morgan fingerprint density at radius 1 is 1.00 bits per heavy atom. The second kappa shape index (κ2) is 5.24. The number of nitrogens with one attached hydrogen (secondary N) is 1. The van der Waals surface area contributed by atoms with Crippen LogP contribution in [0.5, 0.6) is 0 Å². The summed E-state index contributed by atoms with van der Waals surface area (Å²) in [5.74, 6) is 0. The average Bonchev–Trinajstić information content (AvgIpc) is 2.35. The molecule has 2 aromatic carbocycles.